The molecular formula is C19H20O2. The molecule has 0 aromatic heterocycles. The number of hydrogen-bond donors (Lipinski definition) is 0. The van der Waals surface area contributed by atoms with Gasteiger partial charge in [-0.2, -0.15) is 0 Å². The number of carbonyl (C=O) groups excluding carboxylic acids is 1. The maximum absolute atomic E-state index is 12.0. The second kappa shape index (κ2) is 6.13. The van der Waals surface area contributed by atoms with Crippen LogP contribution < -0.4 is 0 Å². The van der Waals surface area contributed by atoms with E-state index in [4.69, 9.17) is 4.74 Å². The van der Waals surface area contributed by atoms with E-state index in [0.29, 0.717) is 30.8 Å². The fraction of sp³-hybridized carbons (Fsp3) is 0.316. The van der Waals surface area contributed by atoms with Gasteiger partial charge in [0, 0.05) is 6.42 Å². The molecule has 0 bridgehead atoms. The molecular weight excluding hydrogens is 260 g/mol. The molecule has 1 unspecified atom stereocenters. The smallest absolute Gasteiger partial charge is 0.306 e. The number of ether oxygens (including phenoxy) is 1. The lowest BCUT2D eigenvalue weighted by Crippen LogP contribution is -2.06. The lowest BCUT2D eigenvalue weighted by atomic mass is 10.1. The Balaban J connectivity index is 1.50. The largest absolute Gasteiger partial charge is 0.461 e. The lowest BCUT2D eigenvalue weighted by molar-refractivity contribution is -0.145. The predicted octanol–water partition coefficient (Wildman–Crippen LogP) is 4.17. The molecule has 0 amide bonds. The summed E-state index contributed by atoms with van der Waals surface area (Å²) in [6, 6.07) is 20.3. The molecule has 2 nitrogen and oxygen atoms in total. The average molecular weight is 280 g/mol. The molecule has 21 heavy (non-hydrogen) atoms. The van der Waals surface area contributed by atoms with Gasteiger partial charge in [-0.1, -0.05) is 67.6 Å². The molecule has 2 aromatic carbocycles. The minimum Gasteiger partial charge on any atom is -0.461 e. The van der Waals surface area contributed by atoms with Gasteiger partial charge in [0.25, 0.3) is 0 Å². The van der Waals surface area contributed by atoms with Crippen molar-refractivity contribution >= 4 is 5.97 Å². The SMILES string of the molecule is C[C@@H]1C(CC(=O)OCc2ccccc2)[C@H]1c1ccccc1. The highest BCUT2D eigenvalue weighted by atomic mass is 16.5. The van der Waals surface area contributed by atoms with Gasteiger partial charge in [-0.05, 0) is 28.9 Å². The zero-order chi connectivity index (χ0) is 14.7. The van der Waals surface area contributed by atoms with Gasteiger partial charge in [0.05, 0.1) is 0 Å². The van der Waals surface area contributed by atoms with E-state index in [9.17, 15) is 4.79 Å². The van der Waals surface area contributed by atoms with Crippen LogP contribution in [0.5, 0.6) is 0 Å². The lowest BCUT2D eigenvalue weighted by Gasteiger charge is -2.05. The molecule has 0 N–H and O–H groups in total. The van der Waals surface area contributed by atoms with Crippen LogP contribution in [-0.4, -0.2) is 5.97 Å². The molecule has 0 aliphatic heterocycles. The van der Waals surface area contributed by atoms with Crippen LogP contribution in [-0.2, 0) is 16.1 Å². The first-order valence-corrected chi connectivity index (χ1v) is 7.50. The number of benzene rings is 2. The third-order valence-corrected chi connectivity index (χ3v) is 4.39. The molecule has 1 fully saturated rings. The van der Waals surface area contributed by atoms with Crippen LogP contribution in [0, 0.1) is 11.8 Å². The van der Waals surface area contributed by atoms with E-state index in [2.05, 4.69) is 31.2 Å². The Morgan fingerprint density at radius 2 is 1.62 bits per heavy atom. The molecule has 1 aliphatic rings. The van der Waals surface area contributed by atoms with Crippen molar-refractivity contribution in [2.75, 3.05) is 0 Å². The minimum absolute atomic E-state index is 0.0888. The molecule has 1 aliphatic carbocycles. The summed E-state index contributed by atoms with van der Waals surface area (Å²) in [6.45, 7) is 2.59. The first-order chi connectivity index (χ1) is 10.3. The standard InChI is InChI=1S/C19H20O2/c1-14-17(19(14)16-10-6-3-7-11-16)12-18(20)21-13-15-8-4-2-5-9-15/h2-11,14,17,19H,12-13H2,1H3/t14-,17?,19-/m1/s1. The summed E-state index contributed by atoms with van der Waals surface area (Å²) in [5, 5.41) is 0. The van der Waals surface area contributed by atoms with Gasteiger partial charge in [-0.3, -0.25) is 4.79 Å². The Morgan fingerprint density at radius 1 is 1.00 bits per heavy atom. The number of rotatable bonds is 5. The van der Waals surface area contributed by atoms with Crippen LogP contribution in [0.3, 0.4) is 0 Å². The Hall–Kier alpha value is -2.09. The van der Waals surface area contributed by atoms with Crippen LogP contribution in [0.25, 0.3) is 0 Å². The fourth-order valence-corrected chi connectivity index (χ4v) is 3.07. The van der Waals surface area contributed by atoms with Crippen molar-refractivity contribution in [3.63, 3.8) is 0 Å². The van der Waals surface area contributed by atoms with Crippen LogP contribution >= 0.6 is 0 Å². The summed E-state index contributed by atoms with van der Waals surface area (Å²) < 4.78 is 5.37. The Morgan fingerprint density at radius 3 is 2.29 bits per heavy atom. The van der Waals surface area contributed by atoms with Crippen LogP contribution in [0.15, 0.2) is 60.7 Å². The second-order valence-electron chi connectivity index (χ2n) is 5.81. The molecule has 0 spiro atoms. The van der Waals surface area contributed by atoms with Gasteiger partial charge < -0.3 is 4.74 Å². The van der Waals surface area contributed by atoms with Gasteiger partial charge in [0.1, 0.15) is 6.61 Å². The number of hydrogen-bond acceptors (Lipinski definition) is 2. The molecule has 108 valence electrons. The molecule has 2 aromatic rings. The van der Waals surface area contributed by atoms with Gasteiger partial charge in [0.15, 0.2) is 0 Å². The van der Waals surface area contributed by atoms with Crippen molar-refractivity contribution in [2.24, 2.45) is 11.8 Å². The van der Waals surface area contributed by atoms with E-state index >= 15 is 0 Å². The van der Waals surface area contributed by atoms with Crippen molar-refractivity contribution in [2.45, 2.75) is 25.9 Å². The van der Waals surface area contributed by atoms with E-state index in [1.807, 2.05) is 36.4 Å². The summed E-state index contributed by atoms with van der Waals surface area (Å²) in [5.74, 6) is 1.41. The van der Waals surface area contributed by atoms with E-state index in [1.165, 1.54) is 5.56 Å². The zero-order valence-corrected chi connectivity index (χ0v) is 12.2. The third kappa shape index (κ3) is 3.33. The summed E-state index contributed by atoms with van der Waals surface area (Å²) in [4.78, 5) is 12.0. The van der Waals surface area contributed by atoms with Gasteiger partial charge in [-0.25, -0.2) is 0 Å². The van der Waals surface area contributed by atoms with Crippen LogP contribution in [0.1, 0.15) is 30.4 Å². The highest BCUT2D eigenvalue weighted by Crippen LogP contribution is 2.55. The highest BCUT2D eigenvalue weighted by Gasteiger charge is 2.48. The van der Waals surface area contributed by atoms with Crippen molar-refractivity contribution < 1.29 is 9.53 Å². The summed E-state index contributed by atoms with van der Waals surface area (Å²) in [5.41, 5.74) is 2.38. The quantitative estimate of drug-likeness (QED) is 0.768. The number of carbonyl (C=O) groups is 1. The Bertz CT molecular complexity index is 591. The Kier molecular flexibility index (Phi) is 4.05. The summed E-state index contributed by atoms with van der Waals surface area (Å²) in [7, 11) is 0. The molecule has 2 heteroatoms. The van der Waals surface area contributed by atoms with E-state index in [0.717, 1.165) is 5.56 Å². The molecule has 1 saturated carbocycles. The van der Waals surface area contributed by atoms with Crippen molar-refractivity contribution in [1.29, 1.82) is 0 Å². The topological polar surface area (TPSA) is 26.3 Å². The minimum atomic E-state index is -0.0888. The molecule has 0 radical (unpaired) electrons. The highest BCUT2D eigenvalue weighted by molar-refractivity contribution is 5.70. The van der Waals surface area contributed by atoms with E-state index < -0.39 is 0 Å². The first-order valence-electron chi connectivity index (χ1n) is 7.50. The molecule has 3 rings (SSSR count). The van der Waals surface area contributed by atoms with E-state index in [1.54, 1.807) is 0 Å². The van der Waals surface area contributed by atoms with Crippen LogP contribution in [0.2, 0.25) is 0 Å². The van der Waals surface area contributed by atoms with Crippen molar-refractivity contribution in [1.82, 2.24) is 0 Å². The van der Waals surface area contributed by atoms with Crippen molar-refractivity contribution in [3.05, 3.63) is 71.8 Å². The average Bonchev–Trinajstić information content (AvgIpc) is 3.16. The van der Waals surface area contributed by atoms with Gasteiger partial charge in [0.2, 0.25) is 0 Å². The molecule has 3 atom stereocenters. The van der Waals surface area contributed by atoms with Crippen molar-refractivity contribution in [3.8, 4) is 0 Å². The third-order valence-electron chi connectivity index (χ3n) is 4.39. The molecule has 0 saturated heterocycles. The van der Waals surface area contributed by atoms with Gasteiger partial charge >= 0.3 is 5.97 Å². The maximum Gasteiger partial charge on any atom is 0.306 e. The monoisotopic (exact) mass is 280 g/mol. The maximum atomic E-state index is 12.0. The fourth-order valence-electron chi connectivity index (χ4n) is 3.07. The molecule has 0 heterocycles. The van der Waals surface area contributed by atoms with Gasteiger partial charge in [-0.15, -0.1) is 0 Å². The Labute approximate surface area is 125 Å². The van der Waals surface area contributed by atoms with Crippen LogP contribution in [0.4, 0.5) is 0 Å². The summed E-state index contributed by atoms with van der Waals surface area (Å²) >= 11 is 0. The second-order valence-corrected chi connectivity index (χ2v) is 5.81. The van der Waals surface area contributed by atoms with E-state index in [-0.39, 0.29) is 5.97 Å². The zero-order valence-electron chi connectivity index (χ0n) is 12.2. The first kappa shape index (κ1) is 13.9. The normalized spacial score (nSPS) is 23.6. The predicted molar refractivity (Wildman–Crippen MR) is 82.7 cm³/mol. The number of esters is 1. The summed E-state index contributed by atoms with van der Waals surface area (Å²) in [6.07, 6.45) is 0.521.